The van der Waals surface area contributed by atoms with Crippen LogP contribution >= 0.6 is 0 Å². The first-order valence-corrected chi connectivity index (χ1v) is 3.74. The van der Waals surface area contributed by atoms with Crippen molar-refractivity contribution >= 4 is 7.85 Å². The minimum absolute atomic E-state index is 0.106. The molecule has 1 unspecified atom stereocenters. The molecule has 0 amide bonds. The molecule has 5 heteroatoms. The number of hydrogen-bond acceptors (Lipinski definition) is 4. The molecule has 70 valence electrons. The van der Waals surface area contributed by atoms with Crippen LogP contribution in [0.25, 0.3) is 0 Å². The van der Waals surface area contributed by atoms with E-state index in [4.69, 9.17) is 27.2 Å². The lowest BCUT2D eigenvalue weighted by atomic mass is 10.0. The van der Waals surface area contributed by atoms with Crippen molar-refractivity contribution in [1.29, 1.82) is 0 Å². The van der Waals surface area contributed by atoms with E-state index in [1.165, 1.54) is 14.2 Å². The normalized spacial score (nSPS) is 15.9. The Morgan fingerprint density at radius 2 is 1.83 bits per heavy atom. The van der Waals surface area contributed by atoms with Crippen LogP contribution in [0.2, 0.25) is 0 Å². The third-order valence-corrected chi connectivity index (χ3v) is 1.25. The van der Waals surface area contributed by atoms with Crippen LogP contribution in [-0.2, 0) is 14.2 Å². The lowest BCUT2D eigenvalue weighted by Crippen LogP contribution is -2.31. The smallest absolute Gasteiger partial charge is 0.112 e. The van der Waals surface area contributed by atoms with Gasteiger partial charge in [0, 0.05) is 20.2 Å². The number of hydrogen-bond donors (Lipinski definition) is 1. The molecule has 0 aliphatic carbocycles. The minimum Gasteiger partial charge on any atom is -0.394 e. The molecule has 0 saturated heterocycles. The van der Waals surface area contributed by atoms with Crippen LogP contribution in [0.3, 0.4) is 0 Å². The maximum atomic E-state index is 8.77. The molecule has 0 aromatic carbocycles. The predicted octanol–water partition coefficient (Wildman–Crippen LogP) is -0.849. The molecule has 0 bridgehead atoms. The van der Waals surface area contributed by atoms with E-state index in [1.807, 2.05) is 0 Å². The van der Waals surface area contributed by atoms with Gasteiger partial charge in [-0.25, -0.2) is 0 Å². The average molecular weight is 174 g/mol. The van der Waals surface area contributed by atoms with E-state index in [-0.39, 0.29) is 12.7 Å². The summed E-state index contributed by atoms with van der Waals surface area (Å²) in [4.78, 5) is 0. The molecule has 1 N–H and O–H groups in total. The van der Waals surface area contributed by atoms with Gasteiger partial charge in [0.2, 0.25) is 0 Å². The Morgan fingerprint density at radius 1 is 1.25 bits per heavy atom. The van der Waals surface area contributed by atoms with Gasteiger partial charge in [0.15, 0.2) is 0 Å². The fraction of sp³-hybridized carbons (Fsp3) is 1.00. The van der Waals surface area contributed by atoms with Crippen LogP contribution in [0.15, 0.2) is 0 Å². The van der Waals surface area contributed by atoms with E-state index in [1.54, 1.807) is 0 Å². The molecule has 0 aromatic rings. The molecule has 0 fully saturated rings. The van der Waals surface area contributed by atoms with E-state index < -0.39 is 6.00 Å². The zero-order valence-corrected chi connectivity index (χ0v) is 7.53. The maximum Gasteiger partial charge on any atom is 0.112 e. The van der Waals surface area contributed by atoms with Crippen LogP contribution in [0, 0.1) is 0 Å². The van der Waals surface area contributed by atoms with Crippen molar-refractivity contribution in [2.24, 2.45) is 0 Å². The van der Waals surface area contributed by atoms with Gasteiger partial charge in [0.25, 0.3) is 0 Å². The highest BCUT2D eigenvalue weighted by Gasteiger charge is 2.11. The molecule has 0 saturated carbocycles. The molecular formula is C7H15BO4. The molecule has 0 rings (SSSR count). The summed E-state index contributed by atoms with van der Waals surface area (Å²) in [6.07, 6.45) is -0.375. The first-order chi connectivity index (χ1) is 5.74. The number of rotatable bonds is 7. The fourth-order valence-electron chi connectivity index (χ4n) is 0.772. The quantitative estimate of drug-likeness (QED) is 0.510. The van der Waals surface area contributed by atoms with E-state index in [0.29, 0.717) is 13.2 Å². The van der Waals surface area contributed by atoms with Gasteiger partial charge in [0.1, 0.15) is 14.0 Å². The predicted molar refractivity (Wildman–Crippen MR) is 45.3 cm³/mol. The van der Waals surface area contributed by atoms with Crippen molar-refractivity contribution in [3.05, 3.63) is 0 Å². The van der Waals surface area contributed by atoms with Gasteiger partial charge in [-0.1, -0.05) is 0 Å². The van der Waals surface area contributed by atoms with Gasteiger partial charge in [-0.15, -0.1) is 0 Å². The molecule has 2 radical (unpaired) electrons. The first kappa shape index (κ1) is 11.9. The third-order valence-electron chi connectivity index (χ3n) is 1.25. The van der Waals surface area contributed by atoms with E-state index in [2.05, 4.69) is 0 Å². The van der Waals surface area contributed by atoms with Gasteiger partial charge >= 0.3 is 0 Å². The molecule has 0 aromatic heterocycles. The molecule has 12 heavy (non-hydrogen) atoms. The van der Waals surface area contributed by atoms with Gasteiger partial charge in [0.05, 0.1) is 19.8 Å². The number of aliphatic hydroxyl groups is 1. The highest BCUT2D eigenvalue weighted by molar-refractivity contribution is 6.11. The third kappa shape index (κ3) is 5.54. The zero-order chi connectivity index (χ0) is 9.40. The number of aliphatic hydroxyl groups excluding tert-OH is 1. The van der Waals surface area contributed by atoms with E-state index in [9.17, 15) is 0 Å². The van der Waals surface area contributed by atoms with Crippen LogP contribution in [0.5, 0.6) is 0 Å². The van der Waals surface area contributed by atoms with E-state index >= 15 is 0 Å². The standard InChI is InChI=1S/C7H15BO4/c1-10-4-6(3-9)12-7(8)5-11-2/h6-7,9H,3-5H2,1-2H3/t6-,7?/m0/s1. The lowest BCUT2D eigenvalue weighted by molar-refractivity contribution is -0.0618. The van der Waals surface area contributed by atoms with Gasteiger partial charge in [-0.3, -0.25) is 0 Å². The molecule has 0 heterocycles. The van der Waals surface area contributed by atoms with Gasteiger partial charge < -0.3 is 19.3 Å². The van der Waals surface area contributed by atoms with Crippen molar-refractivity contribution in [1.82, 2.24) is 0 Å². The average Bonchev–Trinajstić information content (AvgIpc) is 2.04. The Labute approximate surface area is 74.2 Å². The van der Waals surface area contributed by atoms with Crippen molar-refractivity contribution < 1.29 is 19.3 Å². The minimum atomic E-state index is -0.512. The van der Waals surface area contributed by atoms with Crippen molar-refractivity contribution in [3.63, 3.8) is 0 Å². The van der Waals surface area contributed by atoms with Gasteiger partial charge in [-0.05, 0) is 0 Å². The summed E-state index contributed by atoms with van der Waals surface area (Å²) < 4.78 is 14.7. The topological polar surface area (TPSA) is 47.9 Å². The number of methoxy groups -OCH3 is 2. The SMILES string of the molecule is [B]C(COC)O[C@@H](CO)COC. The van der Waals surface area contributed by atoms with E-state index in [0.717, 1.165) is 0 Å². The molecule has 0 aliphatic heterocycles. The summed E-state index contributed by atoms with van der Waals surface area (Å²) >= 11 is 0. The van der Waals surface area contributed by atoms with Crippen LogP contribution in [-0.4, -0.2) is 59.1 Å². The second kappa shape index (κ2) is 7.55. The van der Waals surface area contributed by atoms with Crippen molar-refractivity contribution in [2.45, 2.75) is 12.1 Å². The Kier molecular flexibility index (Phi) is 7.49. The molecular weight excluding hydrogens is 159 g/mol. The van der Waals surface area contributed by atoms with Gasteiger partial charge in [-0.2, -0.15) is 0 Å². The van der Waals surface area contributed by atoms with Crippen molar-refractivity contribution in [3.8, 4) is 0 Å². The second-order valence-corrected chi connectivity index (χ2v) is 2.39. The lowest BCUT2D eigenvalue weighted by Gasteiger charge is -2.19. The molecule has 0 spiro atoms. The highest BCUT2D eigenvalue weighted by Crippen LogP contribution is 1.96. The van der Waals surface area contributed by atoms with Crippen molar-refractivity contribution in [2.75, 3.05) is 34.0 Å². The Hall–Kier alpha value is -0.0951. The molecule has 0 aliphatic rings. The first-order valence-electron chi connectivity index (χ1n) is 3.74. The summed E-state index contributed by atoms with van der Waals surface area (Å²) in [6, 6.07) is -0.512. The Balaban J connectivity index is 3.53. The second-order valence-electron chi connectivity index (χ2n) is 2.39. The molecule has 2 atom stereocenters. The summed E-state index contributed by atoms with van der Waals surface area (Å²) in [5, 5.41) is 8.77. The summed E-state index contributed by atoms with van der Waals surface area (Å²) in [7, 11) is 8.55. The summed E-state index contributed by atoms with van der Waals surface area (Å²) in [6.45, 7) is 0.527. The highest BCUT2D eigenvalue weighted by atomic mass is 16.6. The van der Waals surface area contributed by atoms with Crippen LogP contribution < -0.4 is 0 Å². The maximum absolute atomic E-state index is 8.77. The van der Waals surface area contributed by atoms with Crippen LogP contribution in [0.1, 0.15) is 0 Å². The number of ether oxygens (including phenoxy) is 3. The monoisotopic (exact) mass is 174 g/mol. The molecule has 4 nitrogen and oxygen atoms in total. The Morgan fingerprint density at radius 3 is 2.25 bits per heavy atom. The fourth-order valence-corrected chi connectivity index (χ4v) is 0.772. The largest absolute Gasteiger partial charge is 0.394 e. The van der Waals surface area contributed by atoms with Crippen LogP contribution in [0.4, 0.5) is 0 Å². The summed E-state index contributed by atoms with van der Waals surface area (Å²) in [5.41, 5.74) is 0. The zero-order valence-electron chi connectivity index (χ0n) is 7.53. The summed E-state index contributed by atoms with van der Waals surface area (Å²) in [5.74, 6) is 0. The Bertz CT molecular complexity index is 101.